The van der Waals surface area contributed by atoms with E-state index < -0.39 is 6.29 Å². The van der Waals surface area contributed by atoms with Crippen molar-refractivity contribution in [2.45, 2.75) is 38.3 Å². The first kappa shape index (κ1) is 25.1. The van der Waals surface area contributed by atoms with Gasteiger partial charge in [0.2, 0.25) is 6.29 Å². The van der Waals surface area contributed by atoms with Crippen LogP contribution in [0.5, 0.6) is 5.75 Å². The molecule has 0 unspecified atom stereocenters. The van der Waals surface area contributed by atoms with Gasteiger partial charge in [-0.05, 0) is 69.8 Å². The standard InChI is InChI=1S/C29H30N2O5S/c1-34-24-6-7-26-25(14-24)21(15-31-26)8-10-30-29(33)27-12-23(22-9-11-37-18-22)13-28(36-27)35-17-20-4-2-19(16-32)3-5-20/h2-7,9,11-12,14-15,18,23,28,31-32H,8,10,13,16-17H2,1H3,(H,30,33)/t23-,28+/m0/s1. The third-order valence-electron chi connectivity index (χ3n) is 6.55. The van der Waals surface area contributed by atoms with Crippen LogP contribution in [0.2, 0.25) is 0 Å². The van der Waals surface area contributed by atoms with Crippen LogP contribution in [0.1, 0.15) is 34.6 Å². The lowest BCUT2D eigenvalue weighted by molar-refractivity contribution is -0.150. The summed E-state index contributed by atoms with van der Waals surface area (Å²) < 4.78 is 17.4. The molecule has 0 aliphatic carbocycles. The van der Waals surface area contributed by atoms with Crippen LogP contribution in [0.4, 0.5) is 0 Å². The van der Waals surface area contributed by atoms with Crippen LogP contribution >= 0.6 is 11.3 Å². The topological polar surface area (TPSA) is 92.8 Å². The molecule has 8 heteroatoms. The molecule has 1 aliphatic rings. The number of aliphatic hydroxyl groups excluding tert-OH is 1. The van der Waals surface area contributed by atoms with Crippen LogP contribution in [0.15, 0.2) is 77.3 Å². The van der Waals surface area contributed by atoms with Crippen LogP contribution in [0.3, 0.4) is 0 Å². The minimum atomic E-state index is -0.547. The number of allylic oxidation sites excluding steroid dienone is 1. The summed E-state index contributed by atoms with van der Waals surface area (Å²) in [7, 11) is 1.65. The monoisotopic (exact) mass is 518 g/mol. The zero-order valence-corrected chi connectivity index (χ0v) is 21.4. The molecule has 0 spiro atoms. The van der Waals surface area contributed by atoms with E-state index in [2.05, 4.69) is 21.7 Å². The van der Waals surface area contributed by atoms with Crippen LogP contribution < -0.4 is 10.1 Å². The number of aromatic amines is 1. The summed E-state index contributed by atoms with van der Waals surface area (Å²) in [5, 5.41) is 17.5. The molecule has 7 nitrogen and oxygen atoms in total. The van der Waals surface area contributed by atoms with Crippen molar-refractivity contribution in [2.24, 2.45) is 0 Å². The lowest BCUT2D eigenvalue weighted by atomic mass is 9.95. The molecule has 192 valence electrons. The second-order valence-corrected chi connectivity index (χ2v) is 9.77. The van der Waals surface area contributed by atoms with Crippen LogP contribution in [0, 0.1) is 0 Å². The molecule has 0 radical (unpaired) electrons. The number of amides is 1. The van der Waals surface area contributed by atoms with Gasteiger partial charge in [-0.3, -0.25) is 4.79 Å². The predicted molar refractivity (Wildman–Crippen MR) is 143 cm³/mol. The number of methoxy groups -OCH3 is 1. The molecule has 1 aliphatic heterocycles. The van der Waals surface area contributed by atoms with E-state index in [0.29, 0.717) is 26.0 Å². The third kappa shape index (κ3) is 6.05. The van der Waals surface area contributed by atoms with Crippen molar-refractivity contribution in [1.29, 1.82) is 0 Å². The lowest BCUT2D eigenvalue weighted by Crippen LogP contribution is -2.33. The van der Waals surface area contributed by atoms with Crippen LogP contribution in [-0.2, 0) is 33.9 Å². The highest BCUT2D eigenvalue weighted by Crippen LogP contribution is 2.33. The van der Waals surface area contributed by atoms with Crippen molar-refractivity contribution < 1.29 is 24.1 Å². The normalized spacial score (nSPS) is 17.3. The average Bonchev–Trinajstić information content (AvgIpc) is 3.62. The number of carbonyl (C=O) groups excluding carboxylic acids is 1. The van der Waals surface area contributed by atoms with Gasteiger partial charge in [-0.15, -0.1) is 0 Å². The highest BCUT2D eigenvalue weighted by molar-refractivity contribution is 7.08. The van der Waals surface area contributed by atoms with Crippen molar-refractivity contribution in [2.75, 3.05) is 13.7 Å². The van der Waals surface area contributed by atoms with E-state index in [0.717, 1.165) is 38.9 Å². The Morgan fingerprint density at radius 3 is 2.78 bits per heavy atom. The summed E-state index contributed by atoms with van der Waals surface area (Å²) in [6.45, 7) is 0.828. The largest absolute Gasteiger partial charge is 0.497 e. The van der Waals surface area contributed by atoms with E-state index in [1.807, 2.05) is 60.1 Å². The maximum Gasteiger partial charge on any atom is 0.286 e. The summed E-state index contributed by atoms with van der Waals surface area (Å²) in [4.78, 5) is 16.4. The Labute approximate surface area is 219 Å². The molecule has 0 saturated heterocycles. The third-order valence-corrected chi connectivity index (χ3v) is 7.25. The van der Waals surface area contributed by atoms with E-state index in [-0.39, 0.29) is 24.2 Å². The van der Waals surface area contributed by atoms with Crippen molar-refractivity contribution in [1.82, 2.24) is 10.3 Å². The van der Waals surface area contributed by atoms with Gasteiger partial charge in [-0.25, -0.2) is 0 Å². The minimum absolute atomic E-state index is 0.00691. The van der Waals surface area contributed by atoms with Gasteiger partial charge in [0.15, 0.2) is 5.76 Å². The summed E-state index contributed by atoms with van der Waals surface area (Å²) in [6.07, 6.45) is 4.61. The molecule has 5 rings (SSSR count). The van der Waals surface area contributed by atoms with Gasteiger partial charge in [-0.1, -0.05) is 24.3 Å². The number of carbonyl (C=O) groups is 1. The van der Waals surface area contributed by atoms with Gasteiger partial charge >= 0.3 is 0 Å². The Bertz CT molecular complexity index is 1360. The Hall–Kier alpha value is -3.59. The van der Waals surface area contributed by atoms with Gasteiger partial charge in [0, 0.05) is 36.0 Å². The first-order valence-electron chi connectivity index (χ1n) is 12.3. The number of nitrogens with one attached hydrogen (secondary N) is 2. The molecule has 37 heavy (non-hydrogen) atoms. The number of ether oxygens (including phenoxy) is 3. The molecule has 2 atom stereocenters. The molecule has 4 aromatic rings. The molecule has 3 N–H and O–H groups in total. The van der Waals surface area contributed by atoms with E-state index in [4.69, 9.17) is 14.2 Å². The fraction of sp³-hybridized carbons (Fsp3) is 0.276. The molecule has 2 aromatic carbocycles. The summed E-state index contributed by atoms with van der Waals surface area (Å²) in [6, 6.07) is 15.6. The first-order valence-corrected chi connectivity index (χ1v) is 13.2. The van der Waals surface area contributed by atoms with Gasteiger partial charge in [0.25, 0.3) is 5.91 Å². The Morgan fingerprint density at radius 1 is 1.19 bits per heavy atom. The second-order valence-electron chi connectivity index (χ2n) is 8.99. The fourth-order valence-corrected chi connectivity index (χ4v) is 5.18. The highest BCUT2D eigenvalue weighted by Gasteiger charge is 2.29. The Morgan fingerprint density at radius 2 is 2.03 bits per heavy atom. The van der Waals surface area contributed by atoms with E-state index in [1.165, 1.54) is 0 Å². The average molecular weight is 519 g/mol. The summed E-state index contributed by atoms with van der Waals surface area (Å²) in [5.41, 5.74) is 5.11. The van der Waals surface area contributed by atoms with Crippen molar-refractivity contribution >= 4 is 28.1 Å². The highest BCUT2D eigenvalue weighted by atomic mass is 32.1. The molecular weight excluding hydrogens is 488 g/mol. The number of aromatic nitrogens is 1. The number of H-pyrrole nitrogens is 1. The van der Waals surface area contributed by atoms with Crippen molar-refractivity contribution in [3.8, 4) is 5.75 Å². The molecule has 3 heterocycles. The van der Waals surface area contributed by atoms with Gasteiger partial charge in [0.05, 0.1) is 20.3 Å². The van der Waals surface area contributed by atoms with E-state index >= 15 is 0 Å². The second kappa shape index (κ2) is 11.6. The van der Waals surface area contributed by atoms with Gasteiger partial charge in [0.1, 0.15) is 5.75 Å². The maximum atomic E-state index is 13.1. The Kier molecular flexibility index (Phi) is 7.89. The fourth-order valence-electron chi connectivity index (χ4n) is 4.46. The number of hydrogen-bond donors (Lipinski definition) is 3. The quantitative estimate of drug-likeness (QED) is 0.274. The number of fused-ring (bicyclic) bond motifs is 1. The maximum absolute atomic E-state index is 13.1. The van der Waals surface area contributed by atoms with Crippen molar-refractivity contribution in [3.05, 3.63) is 99.6 Å². The number of rotatable bonds is 10. The smallest absolute Gasteiger partial charge is 0.286 e. The van der Waals surface area contributed by atoms with Crippen LogP contribution in [-0.4, -0.2) is 35.9 Å². The van der Waals surface area contributed by atoms with E-state index in [9.17, 15) is 9.90 Å². The molecule has 0 bridgehead atoms. The number of thiophene rings is 1. The van der Waals surface area contributed by atoms with Crippen LogP contribution in [0.25, 0.3) is 10.9 Å². The zero-order chi connectivity index (χ0) is 25.6. The molecule has 0 saturated carbocycles. The minimum Gasteiger partial charge on any atom is -0.497 e. The number of benzene rings is 2. The van der Waals surface area contributed by atoms with Gasteiger partial charge in [-0.2, -0.15) is 11.3 Å². The lowest BCUT2D eigenvalue weighted by Gasteiger charge is -2.29. The number of hydrogen-bond acceptors (Lipinski definition) is 6. The number of aliphatic hydroxyl groups is 1. The summed E-state index contributed by atoms with van der Waals surface area (Å²) >= 11 is 1.63. The summed E-state index contributed by atoms with van der Waals surface area (Å²) in [5.74, 6) is 0.860. The molecular formula is C29H30N2O5S. The Balaban J connectivity index is 1.23. The SMILES string of the molecule is COc1ccc2[nH]cc(CCNC(=O)C3=C[C@H](c4ccsc4)C[C@H](OCc4ccc(CO)cc4)O3)c2c1. The van der Waals surface area contributed by atoms with Gasteiger partial charge < -0.3 is 29.6 Å². The molecule has 2 aromatic heterocycles. The molecule has 1 amide bonds. The predicted octanol–water partition coefficient (Wildman–Crippen LogP) is 5.02. The van der Waals surface area contributed by atoms with E-state index in [1.54, 1.807) is 18.4 Å². The first-order chi connectivity index (χ1) is 18.1. The molecule has 0 fully saturated rings. The zero-order valence-electron chi connectivity index (χ0n) is 20.6. The van der Waals surface area contributed by atoms with Crippen molar-refractivity contribution in [3.63, 3.8) is 0 Å².